The van der Waals surface area contributed by atoms with E-state index >= 15 is 0 Å². The molecule has 0 aliphatic carbocycles. The zero-order chi connectivity index (χ0) is 10.7. The molecule has 1 atom stereocenters. The molecule has 90 valence electrons. The highest BCUT2D eigenvalue weighted by Crippen LogP contribution is 2.26. The average Bonchev–Trinajstić information content (AvgIpc) is 2.25. The summed E-state index contributed by atoms with van der Waals surface area (Å²) in [5, 5.41) is 22.0. The molecule has 1 unspecified atom stereocenters. The Bertz CT molecular complexity index is 338. The van der Waals surface area contributed by atoms with Crippen LogP contribution in [0.5, 0.6) is 11.5 Å². The first-order chi connectivity index (χ1) is 7.25. The van der Waals surface area contributed by atoms with Gasteiger partial charge in [0.2, 0.25) is 0 Å². The molecule has 0 spiro atoms. The van der Waals surface area contributed by atoms with Crippen LogP contribution in [0, 0.1) is 0 Å². The Balaban J connectivity index is 0.00000128. The SMILES string of the molecule is Cl.Oc1ccc(CC2CCCCN2)cc1O. The molecular weight excluding hydrogens is 226 g/mol. The fraction of sp³-hybridized carbons (Fsp3) is 0.500. The van der Waals surface area contributed by atoms with Crippen LogP contribution in [-0.2, 0) is 6.42 Å². The Morgan fingerprint density at radius 1 is 1.19 bits per heavy atom. The number of nitrogens with one attached hydrogen (secondary N) is 1. The first-order valence-electron chi connectivity index (χ1n) is 5.50. The molecule has 1 saturated heterocycles. The van der Waals surface area contributed by atoms with Crippen LogP contribution < -0.4 is 5.32 Å². The van der Waals surface area contributed by atoms with Crippen LogP contribution in [0.3, 0.4) is 0 Å². The van der Waals surface area contributed by atoms with E-state index in [9.17, 15) is 10.2 Å². The molecule has 0 saturated carbocycles. The molecule has 1 aliphatic heterocycles. The van der Waals surface area contributed by atoms with Gasteiger partial charge in [-0.25, -0.2) is 0 Å². The first kappa shape index (κ1) is 13.1. The zero-order valence-electron chi connectivity index (χ0n) is 9.15. The molecule has 0 amide bonds. The number of phenols is 2. The number of piperidine rings is 1. The lowest BCUT2D eigenvalue weighted by molar-refractivity contribution is 0.393. The summed E-state index contributed by atoms with van der Waals surface area (Å²) in [6.07, 6.45) is 4.66. The van der Waals surface area contributed by atoms with E-state index in [4.69, 9.17) is 0 Å². The molecule has 1 aliphatic rings. The maximum atomic E-state index is 9.36. The Morgan fingerprint density at radius 2 is 2.00 bits per heavy atom. The van der Waals surface area contributed by atoms with Crippen LogP contribution in [-0.4, -0.2) is 22.8 Å². The number of benzene rings is 1. The van der Waals surface area contributed by atoms with E-state index in [-0.39, 0.29) is 23.9 Å². The van der Waals surface area contributed by atoms with Crippen LogP contribution in [0.25, 0.3) is 0 Å². The minimum Gasteiger partial charge on any atom is -0.504 e. The van der Waals surface area contributed by atoms with Crippen LogP contribution in [0.4, 0.5) is 0 Å². The van der Waals surface area contributed by atoms with Crippen LogP contribution >= 0.6 is 12.4 Å². The van der Waals surface area contributed by atoms with E-state index in [0.717, 1.165) is 18.5 Å². The van der Waals surface area contributed by atoms with Crippen molar-refractivity contribution in [2.75, 3.05) is 6.54 Å². The highest BCUT2D eigenvalue weighted by Gasteiger charge is 2.13. The van der Waals surface area contributed by atoms with Crippen molar-refractivity contribution >= 4 is 12.4 Å². The van der Waals surface area contributed by atoms with Gasteiger partial charge in [0.25, 0.3) is 0 Å². The summed E-state index contributed by atoms with van der Waals surface area (Å²) in [6.45, 7) is 1.09. The molecular formula is C12H18ClNO2. The quantitative estimate of drug-likeness (QED) is 0.698. The van der Waals surface area contributed by atoms with E-state index in [1.807, 2.05) is 6.07 Å². The van der Waals surface area contributed by atoms with Crippen molar-refractivity contribution in [2.24, 2.45) is 0 Å². The summed E-state index contributed by atoms with van der Waals surface area (Å²) in [7, 11) is 0. The zero-order valence-corrected chi connectivity index (χ0v) is 9.96. The topological polar surface area (TPSA) is 52.5 Å². The molecule has 0 radical (unpaired) electrons. The van der Waals surface area contributed by atoms with Crippen molar-refractivity contribution in [2.45, 2.75) is 31.7 Å². The normalized spacial score (nSPS) is 20.1. The average molecular weight is 244 g/mol. The van der Waals surface area contributed by atoms with Crippen LogP contribution in [0.1, 0.15) is 24.8 Å². The summed E-state index contributed by atoms with van der Waals surface area (Å²) in [4.78, 5) is 0. The standard InChI is InChI=1S/C12H17NO2.ClH/c14-11-5-4-9(8-12(11)15)7-10-3-1-2-6-13-10;/h4-5,8,10,13-15H,1-3,6-7H2;1H. The molecule has 0 bridgehead atoms. The fourth-order valence-corrected chi connectivity index (χ4v) is 2.08. The van der Waals surface area contributed by atoms with E-state index in [1.54, 1.807) is 12.1 Å². The summed E-state index contributed by atoms with van der Waals surface area (Å²) < 4.78 is 0. The van der Waals surface area contributed by atoms with E-state index < -0.39 is 0 Å². The molecule has 16 heavy (non-hydrogen) atoms. The smallest absolute Gasteiger partial charge is 0.157 e. The van der Waals surface area contributed by atoms with Crippen LogP contribution in [0.15, 0.2) is 18.2 Å². The van der Waals surface area contributed by atoms with Crippen molar-refractivity contribution in [3.63, 3.8) is 0 Å². The first-order valence-corrected chi connectivity index (χ1v) is 5.50. The highest BCUT2D eigenvalue weighted by molar-refractivity contribution is 5.85. The summed E-state index contributed by atoms with van der Waals surface area (Å²) >= 11 is 0. The van der Waals surface area contributed by atoms with Gasteiger partial charge in [-0.3, -0.25) is 0 Å². The van der Waals surface area contributed by atoms with Crippen LogP contribution in [0.2, 0.25) is 0 Å². The molecule has 2 rings (SSSR count). The largest absolute Gasteiger partial charge is 0.504 e. The second kappa shape index (κ2) is 5.97. The predicted octanol–water partition coefficient (Wildman–Crippen LogP) is 2.20. The van der Waals surface area contributed by atoms with Crippen molar-refractivity contribution in [1.29, 1.82) is 0 Å². The minimum absolute atomic E-state index is 0. The molecule has 0 aromatic heterocycles. The van der Waals surface area contributed by atoms with E-state index in [2.05, 4.69) is 5.32 Å². The van der Waals surface area contributed by atoms with Gasteiger partial charge in [0.1, 0.15) is 0 Å². The lowest BCUT2D eigenvalue weighted by atomic mass is 9.98. The second-order valence-corrected chi connectivity index (χ2v) is 4.17. The third-order valence-electron chi connectivity index (χ3n) is 2.93. The van der Waals surface area contributed by atoms with Crippen molar-refractivity contribution in [1.82, 2.24) is 5.32 Å². The summed E-state index contributed by atoms with van der Waals surface area (Å²) in [5.41, 5.74) is 1.07. The Morgan fingerprint density at radius 3 is 2.62 bits per heavy atom. The maximum absolute atomic E-state index is 9.36. The van der Waals surface area contributed by atoms with Crippen molar-refractivity contribution < 1.29 is 10.2 Å². The number of hydrogen-bond donors (Lipinski definition) is 3. The number of phenolic OH excluding ortho intramolecular Hbond substituents is 2. The van der Waals surface area contributed by atoms with Gasteiger partial charge in [0, 0.05) is 6.04 Å². The molecule has 1 fully saturated rings. The maximum Gasteiger partial charge on any atom is 0.157 e. The van der Waals surface area contributed by atoms with Gasteiger partial charge in [0.05, 0.1) is 0 Å². The molecule has 4 heteroatoms. The van der Waals surface area contributed by atoms with Gasteiger partial charge < -0.3 is 15.5 Å². The lowest BCUT2D eigenvalue weighted by Gasteiger charge is -2.23. The molecule has 1 aromatic carbocycles. The van der Waals surface area contributed by atoms with Gasteiger partial charge in [0.15, 0.2) is 11.5 Å². The lowest BCUT2D eigenvalue weighted by Crippen LogP contribution is -2.35. The monoisotopic (exact) mass is 243 g/mol. The van der Waals surface area contributed by atoms with Gasteiger partial charge in [-0.1, -0.05) is 12.5 Å². The fourth-order valence-electron chi connectivity index (χ4n) is 2.08. The number of hydrogen-bond acceptors (Lipinski definition) is 3. The van der Waals surface area contributed by atoms with Crippen molar-refractivity contribution in [3.05, 3.63) is 23.8 Å². The Kier molecular flexibility index (Phi) is 4.90. The Labute approximate surface area is 102 Å². The van der Waals surface area contributed by atoms with Gasteiger partial charge in [-0.2, -0.15) is 0 Å². The predicted molar refractivity (Wildman–Crippen MR) is 66.4 cm³/mol. The van der Waals surface area contributed by atoms with Gasteiger partial charge >= 0.3 is 0 Å². The highest BCUT2D eigenvalue weighted by atomic mass is 35.5. The number of halogens is 1. The van der Waals surface area contributed by atoms with Crippen molar-refractivity contribution in [3.8, 4) is 11.5 Å². The minimum atomic E-state index is -0.0460. The summed E-state index contributed by atoms with van der Waals surface area (Å²) in [6, 6.07) is 5.58. The number of rotatable bonds is 2. The number of aromatic hydroxyl groups is 2. The molecule has 1 aromatic rings. The van der Waals surface area contributed by atoms with E-state index in [0.29, 0.717) is 6.04 Å². The molecule has 3 nitrogen and oxygen atoms in total. The molecule has 3 N–H and O–H groups in total. The van der Waals surface area contributed by atoms with Gasteiger partial charge in [-0.15, -0.1) is 12.4 Å². The van der Waals surface area contributed by atoms with Gasteiger partial charge in [-0.05, 0) is 43.5 Å². The third kappa shape index (κ3) is 3.29. The molecule has 1 heterocycles. The van der Waals surface area contributed by atoms with E-state index in [1.165, 1.54) is 19.3 Å². The summed E-state index contributed by atoms with van der Waals surface area (Å²) in [5.74, 6) is -0.0707. The Hall–Kier alpha value is -0.930. The third-order valence-corrected chi connectivity index (χ3v) is 2.93. The second-order valence-electron chi connectivity index (χ2n) is 4.17.